The number of nitrogens with zero attached hydrogens (tertiary/aromatic N) is 17. The summed E-state index contributed by atoms with van der Waals surface area (Å²) < 4.78 is 0. The van der Waals surface area contributed by atoms with Crippen LogP contribution in [-0.2, 0) is 0 Å². The van der Waals surface area contributed by atoms with Gasteiger partial charge in [-0.15, -0.1) is 0 Å². The lowest BCUT2D eigenvalue weighted by molar-refractivity contribution is 0.0809. The minimum Gasteiger partial charge on any atom is -0.376 e. The Hall–Kier alpha value is -15.8. The molecular weight excluding hydrogens is 1390 g/mol. The fraction of sp³-hybridized carbons (Fsp3) is 0.0109. The molecular formula is C92H48N18O2. The average Bonchev–Trinajstić information content (AvgIpc) is 0.729. The third-order valence-corrected chi connectivity index (χ3v) is 21.5. The minimum atomic E-state index is -0.824. The molecule has 518 valence electrons. The molecule has 0 amide bonds. The van der Waals surface area contributed by atoms with Crippen LogP contribution in [0, 0.1) is 0 Å². The van der Waals surface area contributed by atoms with Gasteiger partial charge < -0.3 is 5.32 Å². The van der Waals surface area contributed by atoms with Crippen LogP contribution in [0.3, 0.4) is 0 Å². The molecule has 0 saturated heterocycles. The van der Waals surface area contributed by atoms with Gasteiger partial charge in [-0.05, 0) is 115 Å². The largest absolute Gasteiger partial charge is 0.376 e. The Bertz CT molecular complexity index is 7660. The summed E-state index contributed by atoms with van der Waals surface area (Å²) in [6.07, 6.45) is 25.0. The predicted molar refractivity (Wildman–Crippen MR) is 435 cm³/mol. The number of ketones is 2. The fourth-order valence-corrected chi connectivity index (χ4v) is 16.4. The second kappa shape index (κ2) is 24.4. The first-order valence-corrected chi connectivity index (χ1v) is 36.3. The molecule has 0 radical (unpaired) electrons. The molecule has 10 heterocycles. The maximum absolute atomic E-state index is 14.5. The van der Waals surface area contributed by atoms with E-state index in [-0.39, 0.29) is 28.8 Å². The first-order valence-electron chi connectivity index (χ1n) is 36.3. The van der Waals surface area contributed by atoms with Crippen molar-refractivity contribution in [1.82, 2.24) is 85.1 Å². The second-order valence-electron chi connectivity index (χ2n) is 27.8. The van der Waals surface area contributed by atoms with Crippen molar-refractivity contribution in [2.24, 2.45) is 4.99 Å². The van der Waals surface area contributed by atoms with Gasteiger partial charge in [0.25, 0.3) is 11.6 Å². The van der Waals surface area contributed by atoms with Crippen molar-refractivity contribution in [2.75, 3.05) is 0 Å². The molecule has 0 fully saturated rings. The van der Waals surface area contributed by atoms with Crippen LogP contribution in [0.5, 0.6) is 0 Å². The topological polar surface area (TPSA) is 265 Å². The van der Waals surface area contributed by atoms with Crippen molar-refractivity contribution in [3.63, 3.8) is 0 Å². The molecule has 1 N–H and O–H groups in total. The number of Topliss-reactive ketones (excluding diaryl/α,β-unsaturated/α-hetero) is 2. The van der Waals surface area contributed by atoms with Gasteiger partial charge in [0.1, 0.15) is 50.9 Å². The normalized spacial score (nSPS) is 13.8. The highest BCUT2D eigenvalue weighted by atomic mass is 16.2. The maximum Gasteiger partial charge on any atom is 0.255 e. The molecule has 3 aliphatic rings. The first-order chi connectivity index (χ1) is 55.3. The molecule has 0 bridgehead atoms. The molecule has 20 aromatic rings. The Kier molecular flexibility index (Phi) is 13.6. The summed E-state index contributed by atoms with van der Waals surface area (Å²) in [5, 5.41) is 13.1. The Morgan fingerprint density at radius 2 is 0.705 bits per heavy atom. The van der Waals surface area contributed by atoms with Crippen molar-refractivity contribution in [3.05, 3.63) is 303 Å². The molecule has 0 saturated carbocycles. The summed E-state index contributed by atoms with van der Waals surface area (Å²) in [6.45, 7) is 0. The monoisotopic (exact) mass is 1440 g/mol. The number of nitrogens with one attached hydrogen (secondary N) is 1. The number of aliphatic imine (C=N–C) groups is 1. The summed E-state index contributed by atoms with van der Waals surface area (Å²) in [6, 6.07) is 64.7. The summed E-state index contributed by atoms with van der Waals surface area (Å²) in [5.74, 6) is -1.65. The molecule has 20 heteroatoms. The molecule has 1 aliphatic heterocycles. The van der Waals surface area contributed by atoms with E-state index in [4.69, 9.17) is 64.8 Å². The molecule has 1 atom stereocenters. The Morgan fingerprint density at radius 3 is 1.29 bits per heavy atom. The van der Waals surface area contributed by atoms with Crippen LogP contribution in [-0.4, -0.2) is 97.0 Å². The van der Waals surface area contributed by atoms with Crippen LogP contribution >= 0.6 is 0 Å². The minimum absolute atomic E-state index is 0.0924. The first kappa shape index (κ1) is 62.4. The zero-order chi connectivity index (χ0) is 73.8. The number of hydrogen-bond acceptors (Lipinski definition) is 20. The number of benzene rings is 11. The lowest BCUT2D eigenvalue weighted by atomic mass is 9.87. The van der Waals surface area contributed by atoms with Gasteiger partial charge in [-0.3, -0.25) is 44.5 Å². The summed E-state index contributed by atoms with van der Waals surface area (Å²) in [5.41, 5.74) is 22.4. The Morgan fingerprint density at radius 1 is 0.286 bits per heavy atom. The van der Waals surface area contributed by atoms with Crippen molar-refractivity contribution in [1.29, 1.82) is 0 Å². The average molecular weight is 1440 g/mol. The van der Waals surface area contributed by atoms with Gasteiger partial charge in [0, 0.05) is 98.7 Å². The molecule has 20 nitrogen and oxygen atoms in total. The standard InChI is InChI=1S/C92H48N18O2/c111-91-89-87(103-43-71(109-89)50-14-10-13-49(36-50)70-42-100-85-66(106-70)29-30-68-86(85)102-45-73(108-68)77-61-21-7-5-19-59(61)76(60-20-6-8-22-62(60)77)72-44-101-84-67(107-72)28-26-64-82(84)96-34-32-94-64)88-90(92(91)112)110-74(46-104-88)78-57-17-3-1-15-55(57)75(56-16-2-4-18-58(56)78)54-38-52-24-23-51-37-53(39-97-79(51)80(52)98-40-54)47-11-9-12-48(35-47)69-41-99-83-65(105-69)27-25-63-81(83)95-33-31-93-63/h1-46,85,100H. The molecule has 11 aromatic carbocycles. The van der Waals surface area contributed by atoms with E-state index in [2.05, 4.69) is 98.0 Å². The molecule has 9 aromatic heterocycles. The smallest absolute Gasteiger partial charge is 0.255 e. The third kappa shape index (κ3) is 9.71. The van der Waals surface area contributed by atoms with Gasteiger partial charge in [-0.2, -0.15) is 0 Å². The Labute approximate surface area is 633 Å². The maximum atomic E-state index is 14.5. The SMILES string of the molecule is O=C1C(=O)c2nc(-c3c4ccccc4c(-c4cnc5c(ccc6cc(-c7cccc(-c8cnc9c(ccc%10nccnc%109)n8)c7)cnc65)c4)c4ccccc34)cnc2-c2ncc(-c3cccc(C4=CNC5C(=N4)C=Cc4nc(-c6c7ccccc7c(-c7cnc8c(ccc9nccnc98)n7)c7ccccc67)cnc45)c3)nc21. The van der Waals surface area contributed by atoms with Crippen molar-refractivity contribution < 1.29 is 9.59 Å². The molecule has 1 unspecified atom stereocenters. The fourth-order valence-electron chi connectivity index (χ4n) is 16.4. The van der Waals surface area contributed by atoms with Gasteiger partial charge in [0.15, 0.2) is 0 Å². The van der Waals surface area contributed by atoms with Crippen LogP contribution in [0.2, 0.25) is 0 Å². The van der Waals surface area contributed by atoms with E-state index in [1.54, 1.807) is 43.4 Å². The summed E-state index contributed by atoms with van der Waals surface area (Å²) in [4.78, 5) is 112. The molecule has 23 rings (SSSR count). The lowest BCUT2D eigenvalue weighted by Crippen LogP contribution is -2.30. The number of carbonyl (C=O) groups is 2. The number of hydrogen-bond donors (Lipinski definition) is 1. The van der Waals surface area contributed by atoms with Gasteiger partial charge in [0.2, 0.25) is 0 Å². The quantitative estimate of drug-likeness (QED) is 0.0841. The van der Waals surface area contributed by atoms with Crippen LogP contribution in [0.25, 0.3) is 211 Å². The van der Waals surface area contributed by atoms with Crippen molar-refractivity contribution >= 4 is 138 Å². The van der Waals surface area contributed by atoms with Gasteiger partial charge in [0.05, 0.1) is 115 Å². The van der Waals surface area contributed by atoms with Crippen LogP contribution in [0.4, 0.5) is 0 Å². The zero-order valence-corrected chi connectivity index (χ0v) is 58.6. The molecule has 0 spiro atoms. The molecule has 112 heavy (non-hydrogen) atoms. The number of carbonyl (C=O) groups excluding carboxylic acids is 2. The second-order valence-corrected chi connectivity index (χ2v) is 27.8. The van der Waals surface area contributed by atoms with E-state index >= 15 is 0 Å². The molecule has 2 aliphatic carbocycles. The van der Waals surface area contributed by atoms with E-state index in [0.717, 1.165) is 177 Å². The van der Waals surface area contributed by atoms with Crippen LogP contribution in [0.15, 0.2) is 280 Å². The Balaban J connectivity index is 0.521. The zero-order valence-electron chi connectivity index (χ0n) is 58.6. The number of aromatic nitrogens is 16. The summed E-state index contributed by atoms with van der Waals surface area (Å²) in [7, 11) is 0. The van der Waals surface area contributed by atoms with E-state index in [9.17, 15) is 9.59 Å². The number of pyridine rings is 2. The third-order valence-electron chi connectivity index (χ3n) is 21.5. The van der Waals surface area contributed by atoms with E-state index < -0.39 is 11.6 Å². The number of rotatable bonds is 8. The van der Waals surface area contributed by atoms with E-state index in [1.807, 2.05) is 164 Å². The van der Waals surface area contributed by atoms with Crippen molar-refractivity contribution in [2.45, 2.75) is 6.04 Å². The summed E-state index contributed by atoms with van der Waals surface area (Å²) >= 11 is 0. The number of fused-ring (bicyclic) bond motifs is 19. The van der Waals surface area contributed by atoms with Gasteiger partial charge >= 0.3 is 0 Å². The van der Waals surface area contributed by atoms with E-state index in [0.29, 0.717) is 39.2 Å². The van der Waals surface area contributed by atoms with Gasteiger partial charge in [-0.25, -0.2) is 49.8 Å². The van der Waals surface area contributed by atoms with Crippen LogP contribution in [0.1, 0.15) is 44.0 Å². The predicted octanol–water partition coefficient (Wildman–Crippen LogP) is 18.4. The highest BCUT2D eigenvalue weighted by Crippen LogP contribution is 2.47. The lowest BCUT2D eigenvalue weighted by Gasteiger charge is -2.26. The highest BCUT2D eigenvalue weighted by Gasteiger charge is 2.37. The van der Waals surface area contributed by atoms with Crippen molar-refractivity contribution in [3.8, 4) is 89.9 Å². The van der Waals surface area contributed by atoms with Crippen LogP contribution < -0.4 is 5.32 Å². The highest BCUT2D eigenvalue weighted by molar-refractivity contribution is 6.51. The van der Waals surface area contributed by atoms with E-state index in [1.165, 1.54) is 0 Å². The van der Waals surface area contributed by atoms with Gasteiger partial charge in [-0.1, -0.05) is 146 Å².